The van der Waals surface area contributed by atoms with Gasteiger partial charge in [-0.3, -0.25) is 4.79 Å². The third-order valence-corrected chi connectivity index (χ3v) is 5.42. The van der Waals surface area contributed by atoms with Gasteiger partial charge >= 0.3 is 0 Å². The Bertz CT molecular complexity index is 761. The van der Waals surface area contributed by atoms with Crippen molar-refractivity contribution in [2.24, 2.45) is 11.3 Å². The van der Waals surface area contributed by atoms with Gasteiger partial charge < -0.3 is 10.0 Å². The van der Waals surface area contributed by atoms with E-state index in [1.807, 2.05) is 41.9 Å². The average molecular weight is 355 g/mol. The summed E-state index contributed by atoms with van der Waals surface area (Å²) >= 11 is 0. The second-order valence-electron chi connectivity index (χ2n) is 8.19. The number of β-amino-alcohol motifs (C(OH)–C–C–N with tert-alkyl or cyclic N) is 1. The average Bonchev–Trinajstić information content (AvgIpc) is 3.04. The molecular formula is C21H29N3O2. The van der Waals surface area contributed by atoms with Gasteiger partial charge in [-0.05, 0) is 36.3 Å². The summed E-state index contributed by atoms with van der Waals surface area (Å²) in [5.74, 6) is 0.180. The first-order valence-corrected chi connectivity index (χ1v) is 9.42. The van der Waals surface area contributed by atoms with Gasteiger partial charge in [0, 0.05) is 13.1 Å². The topological polar surface area (TPSA) is 58.4 Å². The zero-order chi connectivity index (χ0) is 18.9. The van der Waals surface area contributed by atoms with E-state index in [4.69, 9.17) is 0 Å². The highest BCUT2D eigenvalue weighted by Crippen LogP contribution is 2.35. The Morgan fingerprint density at radius 3 is 2.54 bits per heavy atom. The van der Waals surface area contributed by atoms with Crippen molar-refractivity contribution in [3.8, 4) is 5.69 Å². The number of likely N-dealkylation sites (tertiary alicyclic amines) is 1. The Labute approximate surface area is 155 Å². The maximum absolute atomic E-state index is 13.1. The van der Waals surface area contributed by atoms with Gasteiger partial charge in [0.2, 0.25) is 0 Å². The predicted molar refractivity (Wildman–Crippen MR) is 102 cm³/mol. The molecular weight excluding hydrogens is 326 g/mol. The highest BCUT2D eigenvalue weighted by Gasteiger charge is 2.37. The van der Waals surface area contributed by atoms with E-state index in [-0.39, 0.29) is 17.2 Å². The Hall–Kier alpha value is -2.14. The summed E-state index contributed by atoms with van der Waals surface area (Å²) in [4.78, 5) is 14.9. The van der Waals surface area contributed by atoms with Crippen LogP contribution in [0.3, 0.4) is 0 Å². The van der Waals surface area contributed by atoms with Crippen molar-refractivity contribution < 1.29 is 9.90 Å². The molecule has 2 heterocycles. The number of amides is 1. The lowest BCUT2D eigenvalue weighted by Crippen LogP contribution is -2.50. The molecule has 1 amide bonds. The van der Waals surface area contributed by atoms with Crippen molar-refractivity contribution >= 4 is 5.91 Å². The molecule has 1 saturated heterocycles. The second kappa shape index (κ2) is 7.23. The number of para-hydroxylation sites is 1. The van der Waals surface area contributed by atoms with E-state index in [0.717, 1.165) is 24.2 Å². The van der Waals surface area contributed by atoms with Crippen molar-refractivity contribution in [2.45, 2.75) is 46.6 Å². The lowest BCUT2D eigenvalue weighted by atomic mass is 9.73. The van der Waals surface area contributed by atoms with Crippen molar-refractivity contribution in [1.82, 2.24) is 14.7 Å². The van der Waals surface area contributed by atoms with Gasteiger partial charge in [-0.25, -0.2) is 4.68 Å². The molecule has 2 aromatic rings. The number of aliphatic hydroxyl groups is 1. The predicted octanol–water partition coefficient (Wildman–Crippen LogP) is 3.30. The molecule has 2 atom stereocenters. The molecule has 0 saturated carbocycles. The van der Waals surface area contributed by atoms with Gasteiger partial charge in [0.15, 0.2) is 0 Å². The number of aromatic nitrogens is 2. The highest BCUT2D eigenvalue weighted by atomic mass is 16.3. The van der Waals surface area contributed by atoms with Gasteiger partial charge in [0.25, 0.3) is 5.91 Å². The summed E-state index contributed by atoms with van der Waals surface area (Å²) in [7, 11) is 0. The zero-order valence-corrected chi connectivity index (χ0v) is 16.1. The van der Waals surface area contributed by atoms with Gasteiger partial charge in [-0.15, -0.1) is 0 Å². The number of carbonyl (C=O) groups excluding carboxylic acids is 1. The molecule has 1 fully saturated rings. The Balaban J connectivity index is 1.82. The summed E-state index contributed by atoms with van der Waals surface area (Å²) in [6.07, 6.45) is 2.72. The van der Waals surface area contributed by atoms with Crippen molar-refractivity contribution in [3.05, 3.63) is 47.8 Å². The molecule has 0 bridgehead atoms. The summed E-state index contributed by atoms with van der Waals surface area (Å²) in [6, 6.07) is 9.86. The van der Waals surface area contributed by atoms with Gasteiger partial charge in [0.05, 0.1) is 29.2 Å². The van der Waals surface area contributed by atoms with Crippen molar-refractivity contribution in [1.29, 1.82) is 0 Å². The summed E-state index contributed by atoms with van der Waals surface area (Å²) in [5.41, 5.74) is 2.54. The number of nitrogens with zero attached hydrogens (tertiary/aromatic N) is 3. The largest absolute Gasteiger partial charge is 0.391 e. The van der Waals surface area contributed by atoms with Crippen LogP contribution in [0.4, 0.5) is 0 Å². The van der Waals surface area contributed by atoms with E-state index in [1.54, 1.807) is 11.1 Å². The molecule has 1 N–H and O–H groups in total. The Morgan fingerprint density at radius 1 is 1.27 bits per heavy atom. The van der Waals surface area contributed by atoms with Crippen LogP contribution in [-0.2, 0) is 6.42 Å². The van der Waals surface area contributed by atoms with Crippen LogP contribution in [0.15, 0.2) is 36.5 Å². The standard InChI is InChI=1S/C21H29N3O2/c1-5-18-16(13-22-24(18)15-9-7-6-8-10-15)20(26)23-12-11-17(19(25)14-23)21(2,3)4/h6-10,13,17,19,25H,5,11-12,14H2,1-4H3/t17-,19+/m1/s1. The molecule has 0 spiro atoms. The third kappa shape index (κ3) is 3.54. The zero-order valence-electron chi connectivity index (χ0n) is 16.1. The highest BCUT2D eigenvalue weighted by molar-refractivity contribution is 5.95. The maximum Gasteiger partial charge on any atom is 0.257 e. The van der Waals surface area contributed by atoms with Crippen LogP contribution in [0, 0.1) is 11.3 Å². The number of benzene rings is 1. The summed E-state index contributed by atoms with van der Waals surface area (Å²) < 4.78 is 1.84. The van der Waals surface area contributed by atoms with Crippen molar-refractivity contribution in [3.63, 3.8) is 0 Å². The van der Waals surface area contributed by atoms with Crippen LogP contribution in [0.25, 0.3) is 5.69 Å². The van der Waals surface area contributed by atoms with E-state index in [0.29, 0.717) is 18.7 Å². The molecule has 1 aliphatic rings. The summed E-state index contributed by atoms with van der Waals surface area (Å²) in [6.45, 7) is 9.55. The van der Waals surface area contributed by atoms with Crippen LogP contribution in [0.2, 0.25) is 0 Å². The first kappa shape index (κ1) is 18.6. The molecule has 0 radical (unpaired) electrons. The number of hydrogen-bond acceptors (Lipinski definition) is 3. The molecule has 1 aromatic heterocycles. The van der Waals surface area contributed by atoms with Crippen LogP contribution in [-0.4, -0.2) is 44.9 Å². The van der Waals surface area contributed by atoms with Crippen LogP contribution < -0.4 is 0 Å². The third-order valence-electron chi connectivity index (χ3n) is 5.42. The number of carbonyl (C=O) groups is 1. The minimum Gasteiger partial charge on any atom is -0.391 e. The molecule has 3 rings (SSSR count). The fraction of sp³-hybridized carbons (Fsp3) is 0.524. The SMILES string of the molecule is CCc1c(C(=O)N2CC[C@@H](C(C)(C)C)[C@@H](O)C2)cnn1-c1ccccc1. The number of rotatable bonds is 3. The van der Waals surface area contributed by atoms with Crippen LogP contribution >= 0.6 is 0 Å². The molecule has 0 unspecified atom stereocenters. The molecule has 1 aliphatic heterocycles. The lowest BCUT2D eigenvalue weighted by Gasteiger charge is -2.42. The maximum atomic E-state index is 13.1. The monoisotopic (exact) mass is 355 g/mol. The minimum absolute atomic E-state index is 0.0320. The van der Waals surface area contributed by atoms with Crippen LogP contribution in [0.1, 0.15) is 50.2 Å². The van der Waals surface area contributed by atoms with E-state index in [2.05, 4.69) is 25.9 Å². The first-order valence-electron chi connectivity index (χ1n) is 9.42. The second-order valence-corrected chi connectivity index (χ2v) is 8.19. The number of hydrogen-bond donors (Lipinski definition) is 1. The fourth-order valence-electron chi connectivity index (χ4n) is 3.98. The van der Waals surface area contributed by atoms with E-state index >= 15 is 0 Å². The van der Waals surface area contributed by atoms with E-state index < -0.39 is 6.10 Å². The van der Waals surface area contributed by atoms with E-state index in [1.165, 1.54) is 0 Å². The lowest BCUT2D eigenvalue weighted by molar-refractivity contribution is -0.0188. The minimum atomic E-state index is -0.484. The Morgan fingerprint density at radius 2 is 1.96 bits per heavy atom. The Kier molecular flexibility index (Phi) is 5.19. The van der Waals surface area contributed by atoms with Gasteiger partial charge in [-0.1, -0.05) is 45.9 Å². The fourth-order valence-corrected chi connectivity index (χ4v) is 3.98. The number of piperidine rings is 1. The smallest absolute Gasteiger partial charge is 0.257 e. The first-order chi connectivity index (χ1) is 12.3. The van der Waals surface area contributed by atoms with Crippen LogP contribution in [0.5, 0.6) is 0 Å². The molecule has 5 nitrogen and oxygen atoms in total. The molecule has 5 heteroatoms. The normalized spacial score (nSPS) is 21.0. The quantitative estimate of drug-likeness (QED) is 0.919. The van der Waals surface area contributed by atoms with Crippen molar-refractivity contribution in [2.75, 3.05) is 13.1 Å². The molecule has 1 aromatic carbocycles. The number of aliphatic hydroxyl groups excluding tert-OH is 1. The van der Waals surface area contributed by atoms with E-state index in [9.17, 15) is 9.90 Å². The molecule has 140 valence electrons. The molecule has 0 aliphatic carbocycles. The van der Waals surface area contributed by atoms with Gasteiger partial charge in [-0.2, -0.15) is 5.10 Å². The molecule has 26 heavy (non-hydrogen) atoms. The summed E-state index contributed by atoms with van der Waals surface area (Å²) in [5, 5.41) is 15.0. The van der Waals surface area contributed by atoms with Gasteiger partial charge in [0.1, 0.15) is 0 Å².